The second-order valence-electron chi connectivity index (χ2n) is 7.18. The number of hydrogen-bond donors (Lipinski definition) is 2. The molecule has 1 unspecified atom stereocenters. The van der Waals surface area contributed by atoms with Crippen molar-refractivity contribution in [2.45, 2.75) is 38.1 Å². The van der Waals surface area contributed by atoms with Gasteiger partial charge in [0.1, 0.15) is 6.04 Å². The first-order valence-electron chi connectivity index (χ1n) is 9.89. The number of hydrogen-bond acceptors (Lipinski definition) is 4. The van der Waals surface area contributed by atoms with Gasteiger partial charge in [0.25, 0.3) is 0 Å². The van der Waals surface area contributed by atoms with Gasteiger partial charge in [0.15, 0.2) is 6.19 Å². The number of carbonyl (C=O) groups is 2. The summed E-state index contributed by atoms with van der Waals surface area (Å²) in [5.74, 6) is -0.0371. The molecule has 0 bridgehead atoms. The van der Waals surface area contributed by atoms with E-state index in [2.05, 4.69) is 15.6 Å². The SMILES string of the molecule is N#CNC(=NC1CCCCN(CC(=O)N2CCCC2)C1=O)Nc1ccccc1Cl. The van der Waals surface area contributed by atoms with E-state index < -0.39 is 6.04 Å². The Bertz CT molecular complexity index is 815. The highest BCUT2D eigenvalue weighted by Gasteiger charge is 2.30. The number of benzene rings is 1. The Kier molecular flexibility index (Phi) is 7.30. The zero-order chi connectivity index (χ0) is 20.6. The van der Waals surface area contributed by atoms with Crippen LogP contribution in [0.5, 0.6) is 0 Å². The highest BCUT2D eigenvalue weighted by molar-refractivity contribution is 6.33. The van der Waals surface area contributed by atoms with Gasteiger partial charge in [-0.05, 0) is 44.2 Å². The van der Waals surface area contributed by atoms with Crippen molar-refractivity contribution in [3.8, 4) is 6.19 Å². The van der Waals surface area contributed by atoms with Gasteiger partial charge in [-0.2, -0.15) is 5.26 Å². The van der Waals surface area contributed by atoms with Crippen LogP contribution in [0.1, 0.15) is 32.1 Å². The lowest BCUT2D eigenvalue weighted by molar-refractivity contribution is -0.140. The van der Waals surface area contributed by atoms with Crippen molar-refractivity contribution < 1.29 is 9.59 Å². The summed E-state index contributed by atoms with van der Waals surface area (Å²) in [4.78, 5) is 33.4. The number of para-hydroxylation sites is 1. The van der Waals surface area contributed by atoms with Crippen LogP contribution in [0.2, 0.25) is 5.02 Å². The maximum absolute atomic E-state index is 13.0. The fraction of sp³-hybridized carbons (Fsp3) is 0.500. The Morgan fingerprint density at radius 3 is 2.66 bits per heavy atom. The number of nitrogens with zero attached hydrogens (tertiary/aromatic N) is 4. The van der Waals surface area contributed by atoms with Crippen molar-refractivity contribution in [1.29, 1.82) is 5.26 Å². The monoisotopic (exact) mass is 416 g/mol. The quantitative estimate of drug-likeness (QED) is 0.339. The molecule has 0 aliphatic carbocycles. The number of anilines is 1. The van der Waals surface area contributed by atoms with E-state index in [-0.39, 0.29) is 24.3 Å². The summed E-state index contributed by atoms with van der Waals surface area (Å²) in [7, 11) is 0. The standard InChI is InChI=1S/C20H25ClN6O2/c21-15-7-1-2-8-16(15)24-20(23-14-22)25-17-9-3-4-12-27(19(17)29)13-18(28)26-10-5-6-11-26/h1-2,7-8,17H,3-6,9-13H2,(H2,23,24,25). The number of carbonyl (C=O) groups excluding carboxylic acids is 2. The summed E-state index contributed by atoms with van der Waals surface area (Å²) in [6.45, 7) is 2.16. The molecule has 0 saturated carbocycles. The molecule has 154 valence electrons. The van der Waals surface area contributed by atoms with E-state index in [4.69, 9.17) is 16.9 Å². The number of nitriles is 1. The predicted octanol–water partition coefficient (Wildman–Crippen LogP) is 2.18. The molecule has 9 heteroatoms. The summed E-state index contributed by atoms with van der Waals surface area (Å²) < 4.78 is 0. The van der Waals surface area contributed by atoms with Gasteiger partial charge in [-0.1, -0.05) is 23.7 Å². The lowest BCUT2D eigenvalue weighted by Gasteiger charge is -2.25. The van der Waals surface area contributed by atoms with E-state index in [1.807, 2.05) is 11.1 Å². The average molecular weight is 417 g/mol. The van der Waals surface area contributed by atoms with Crippen LogP contribution in [0.25, 0.3) is 0 Å². The van der Waals surface area contributed by atoms with Gasteiger partial charge in [-0.25, -0.2) is 4.99 Å². The number of aliphatic imine (C=N–C) groups is 1. The van der Waals surface area contributed by atoms with Crippen molar-refractivity contribution in [1.82, 2.24) is 15.1 Å². The van der Waals surface area contributed by atoms with E-state index in [0.717, 1.165) is 38.8 Å². The highest BCUT2D eigenvalue weighted by atomic mass is 35.5. The molecule has 8 nitrogen and oxygen atoms in total. The normalized spacial score (nSPS) is 20.2. The number of rotatable bonds is 4. The fourth-order valence-corrected chi connectivity index (χ4v) is 3.77. The molecule has 2 aliphatic rings. The Labute approximate surface area is 175 Å². The fourth-order valence-electron chi connectivity index (χ4n) is 3.59. The second kappa shape index (κ2) is 10.1. The van der Waals surface area contributed by atoms with Gasteiger partial charge in [-0.15, -0.1) is 0 Å². The molecule has 0 spiro atoms. The molecule has 1 atom stereocenters. The first-order valence-corrected chi connectivity index (χ1v) is 10.3. The minimum absolute atomic E-state index is 0.00922. The Morgan fingerprint density at radius 2 is 1.93 bits per heavy atom. The second-order valence-corrected chi connectivity index (χ2v) is 7.59. The molecule has 29 heavy (non-hydrogen) atoms. The number of likely N-dealkylation sites (tertiary alicyclic amines) is 2. The molecule has 2 amide bonds. The van der Waals surface area contributed by atoms with Gasteiger partial charge in [0, 0.05) is 19.6 Å². The third-order valence-corrected chi connectivity index (χ3v) is 5.45. The molecule has 2 fully saturated rings. The zero-order valence-corrected chi connectivity index (χ0v) is 17.0. The van der Waals surface area contributed by atoms with Gasteiger partial charge in [-0.3, -0.25) is 14.9 Å². The minimum Gasteiger partial charge on any atom is -0.341 e. The van der Waals surface area contributed by atoms with Crippen LogP contribution in [0.4, 0.5) is 5.69 Å². The maximum atomic E-state index is 13.0. The zero-order valence-electron chi connectivity index (χ0n) is 16.2. The number of nitrogens with one attached hydrogen (secondary N) is 2. The van der Waals surface area contributed by atoms with Crippen molar-refractivity contribution in [2.24, 2.45) is 4.99 Å². The summed E-state index contributed by atoms with van der Waals surface area (Å²) in [6.07, 6.45) is 6.08. The average Bonchev–Trinajstić information content (AvgIpc) is 3.20. The van der Waals surface area contributed by atoms with Gasteiger partial charge < -0.3 is 15.1 Å². The minimum atomic E-state index is -0.658. The van der Waals surface area contributed by atoms with Crippen LogP contribution >= 0.6 is 11.6 Å². The summed E-state index contributed by atoms with van der Waals surface area (Å²) in [5, 5.41) is 15.0. The number of halogens is 1. The molecule has 1 aromatic carbocycles. The van der Waals surface area contributed by atoms with Gasteiger partial charge in [0.2, 0.25) is 17.8 Å². The lowest BCUT2D eigenvalue weighted by atomic mass is 10.1. The van der Waals surface area contributed by atoms with Crippen LogP contribution in [0, 0.1) is 11.5 Å². The number of guanidine groups is 1. The van der Waals surface area contributed by atoms with Crippen LogP contribution < -0.4 is 10.6 Å². The molecule has 3 rings (SSSR count). The van der Waals surface area contributed by atoms with Crippen molar-refractivity contribution in [3.63, 3.8) is 0 Å². The van der Waals surface area contributed by atoms with E-state index in [1.54, 1.807) is 29.2 Å². The van der Waals surface area contributed by atoms with E-state index in [1.165, 1.54) is 0 Å². The third kappa shape index (κ3) is 5.61. The summed E-state index contributed by atoms with van der Waals surface area (Å²) in [6, 6.07) is 6.42. The topological polar surface area (TPSA) is 101 Å². The highest BCUT2D eigenvalue weighted by Crippen LogP contribution is 2.21. The Balaban J connectivity index is 1.73. The Morgan fingerprint density at radius 1 is 1.21 bits per heavy atom. The van der Waals surface area contributed by atoms with Gasteiger partial charge in [0.05, 0.1) is 17.3 Å². The smallest absolute Gasteiger partial charge is 0.247 e. The molecular formula is C20H25ClN6O2. The van der Waals surface area contributed by atoms with Crippen molar-refractivity contribution in [3.05, 3.63) is 29.3 Å². The van der Waals surface area contributed by atoms with E-state index in [9.17, 15) is 9.59 Å². The van der Waals surface area contributed by atoms with Crippen molar-refractivity contribution >= 4 is 35.1 Å². The van der Waals surface area contributed by atoms with Gasteiger partial charge >= 0.3 is 0 Å². The summed E-state index contributed by atoms with van der Waals surface area (Å²) >= 11 is 6.16. The molecule has 0 aromatic heterocycles. The number of amides is 2. The Hall–Kier alpha value is -2.79. The molecule has 2 aliphatic heterocycles. The molecule has 1 aromatic rings. The lowest BCUT2D eigenvalue weighted by Crippen LogP contribution is -2.45. The third-order valence-electron chi connectivity index (χ3n) is 5.12. The van der Waals surface area contributed by atoms with Crippen molar-refractivity contribution in [2.75, 3.05) is 31.5 Å². The first kappa shape index (κ1) is 20.9. The first-order chi connectivity index (χ1) is 14.1. The maximum Gasteiger partial charge on any atom is 0.247 e. The largest absolute Gasteiger partial charge is 0.341 e. The molecule has 2 saturated heterocycles. The molecule has 0 radical (unpaired) electrons. The van der Waals surface area contributed by atoms with Crippen LogP contribution in [0.3, 0.4) is 0 Å². The molecule has 2 heterocycles. The van der Waals surface area contributed by atoms with E-state index in [0.29, 0.717) is 23.7 Å². The van der Waals surface area contributed by atoms with Crippen LogP contribution in [-0.4, -0.2) is 59.8 Å². The summed E-state index contributed by atoms with van der Waals surface area (Å²) in [5.41, 5.74) is 0.581. The van der Waals surface area contributed by atoms with Crippen LogP contribution in [0.15, 0.2) is 29.3 Å². The van der Waals surface area contributed by atoms with Crippen LogP contribution in [-0.2, 0) is 9.59 Å². The predicted molar refractivity (Wildman–Crippen MR) is 111 cm³/mol. The molecular weight excluding hydrogens is 392 g/mol. The molecule has 2 N–H and O–H groups in total. The van der Waals surface area contributed by atoms with E-state index >= 15 is 0 Å².